The predicted molar refractivity (Wildman–Crippen MR) is 71.8 cm³/mol. The Hall–Kier alpha value is -1.10. The fourth-order valence-corrected chi connectivity index (χ4v) is 2.25. The second kappa shape index (κ2) is 7.48. The van der Waals surface area contributed by atoms with Gasteiger partial charge in [-0.3, -0.25) is 4.79 Å². The number of rotatable bonds is 7. The molecule has 5 heteroatoms. The maximum absolute atomic E-state index is 11.9. The lowest BCUT2D eigenvalue weighted by Gasteiger charge is -2.17. The van der Waals surface area contributed by atoms with E-state index in [1.54, 1.807) is 0 Å². The zero-order chi connectivity index (χ0) is 14.4. The van der Waals surface area contributed by atoms with Gasteiger partial charge >= 0.3 is 5.97 Å². The van der Waals surface area contributed by atoms with Crippen molar-refractivity contribution < 1.29 is 19.4 Å². The van der Waals surface area contributed by atoms with Crippen LogP contribution in [0.3, 0.4) is 0 Å². The minimum absolute atomic E-state index is 0.110. The minimum atomic E-state index is -0.986. The molecule has 3 unspecified atom stereocenters. The second-order valence-corrected chi connectivity index (χ2v) is 5.76. The van der Waals surface area contributed by atoms with Crippen LogP contribution in [0, 0.1) is 5.92 Å². The maximum atomic E-state index is 11.9. The van der Waals surface area contributed by atoms with Gasteiger partial charge in [-0.15, -0.1) is 0 Å². The highest BCUT2D eigenvalue weighted by atomic mass is 16.5. The average molecular weight is 271 g/mol. The molecule has 0 aliphatic carbocycles. The summed E-state index contributed by atoms with van der Waals surface area (Å²) in [5.41, 5.74) is 0. The van der Waals surface area contributed by atoms with Gasteiger partial charge in [0.25, 0.3) is 0 Å². The zero-order valence-corrected chi connectivity index (χ0v) is 12.0. The Labute approximate surface area is 114 Å². The van der Waals surface area contributed by atoms with Crippen LogP contribution in [0.15, 0.2) is 0 Å². The Morgan fingerprint density at radius 2 is 1.84 bits per heavy atom. The molecule has 0 radical (unpaired) electrons. The average Bonchev–Trinajstić information content (AvgIpc) is 2.77. The number of carbonyl (C=O) groups is 2. The fraction of sp³-hybridized carbons (Fsp3) is 0.857. The molecule has 0 aromatic carbocycles. The molecule has 0 aromatic rings. The minimum Gasteiger partial charge on any atom is -0.479 e. The molecule has 2 N–H and O–H groups in total. The van der Waals surface area contributed by atoms with Crippen molar-refractivity contribution >= 4 is 11.9 Å². The van der Waals surface area contributed by atoms with Crippen LogP contribution in [-0.2, 0) is 14.3 Å². The van der Waals surface area contributed by atoms with E-state index >= 15 is 0 Å². The molecule has 1 saturated heterocycles. The van der Waals surface area contributed by atoms with Crippen molar-refractivity contribution in [2.24, 2.45) is 5.92 Å². The number of hydrogen-bond donors (Lipinski definition) is 2. The Kier molecular flexibility index (Phi) is 6.28. The van der Waals surface area contributed by atoms with Crippen LogP contribution in [0.25, 0.3) is 0 Å². The van der Waals surface area contributed by atoms with Gasteiger partial charge in [-0.1, -0.05) is 26.7 Å². The summed E-state index contributed by atoms with van der Waals surface area (Å²) in [5, 5.41) is 11.7. The fourth-order valence-electron chi connectivity index (χ4n) is 2.25. The van der Waals surface area contributed by atoms with E-state index in [9.17, 15) is 9.59 Å². The Bertz CT molecular complexity index is 317. The van der Waals surface area contributed by atoms with Crippen LogP contribution in [0.1, 0.15) is 52.9 Å². The van der Waals surface area contributed by atoms with Crippen LogP contribution in [-0.4, -0.2) is 35.2 Å². The summed E-state index contributed by atoms with van der Waals surface area (Å²) in [5.74, 6) is -0.488. The van der Waals surface area contributed by atoms with Gasteiger partial charge < -0.3 is 15.2 Å². The normalized spacial score (nSPS) is 24.4. The van der Waals surface area contributed by atoms with E-state index in [4.69, 9.17) is 9.84 Å². The lowest BCUT2D eigenvalue weighted by Crippen LogP contribution is -2.40. The second-order valence-electron chi connectivity index (χ2n) is 5.76. The highest BCUT2D eigenvalue weighted by Gasteiger charge is 2.34. The summed E-state index contributed by atoms with van der Waals surface area (Å²) < 4.78 is 5.22. The largest absolute Gasteiger partial charge is 0.479 e. The lowest BCUT2D eigenvalue weighted by atomic mass is 10.0. The van der Waals surface area contributed by atoms with Crippen molar-refractivity contribution in [2.45, 2.75) is 71.1 Å². The number of ether oxygens (including phenoxy) is 1. The first-order valence-electron chi connectivity index (χ1n) is 7.08. The van der Waals surface area contributed by atoms with E-state index in [1.807, 2.05) is 6.92 Å². The SMILES string of the molecule is CC(C)CCCC(C)NC(=O)C1CCC(C(=O)O)O1. The molecule has 1 rings (SSSR count). The van der Waals surface area contributed by atoms with Gasteiger partial charge in [-0.25, -0.2) is 4.79 Å². The van der Waals surface area contributed by atoms with Gasteiger partial charge in [0.15, 0.2) is 6.10 Å². The van der Waals surface area contributed by atoms with Gasteiger partial charge in [0, 0.05) is 6.04 Å². The third kappa shape index (κ3) is 5.59. The van der Waals surface area contributed by atoms with Crippen molar-refractivity contribution in [3.05, 3.63) is 0 Å². The molecule has 0 saturated carbocycles. The van der Waals surface area contributed by atoms with Crippen molar-refractivity contribution in [1.82, 2.24) is 5.32 Å². The maximum Gasteiger partial charge on any atom is 0.332 e. The van der Waals surface area contributed by atoms with E-state index in [1.165, 1.54) is 0 Å². The molecule has 1 heterocycles. The Balaban J connectivity index is 2.25. The third-order valence-corrected chi connectivity index (χ3v) is 3.39. The van der Waals surface area contributed by atoms with Crippen LogP contribution >= 0.6 is 0 Å². The molecule has 0 aromatic heterocycles. The lowest BCUT2D eigenvalue weighted by molar-refractivity contribution is -0.151. The number of nitrogens with one attached hydrogen (secondary N) is 1. The molecule has 1 amide bonds. The first-order valence-corrected chi connectivity index (χ1v) is 7.08. The number of hydrogen-bond acceptors (Lipinski definition) is 3. The zero-order valence-electron chi connectivity index (χ0n) is 12.0. The van der Waals surface area contributed by atoms with Crippen LogP contribution in [0.5, 0.6) is 0 Å². The molecule has 1 aliphatic heterocycles. The predicted octanol–water partition coefficient (Wildman–Crippen LogP) is 1.95. The molecule has 19 heavy (non-hydrogen) atoms. The molecular weight excluding hydrogens is 246 g/mol. The van der Waals surface area contributed by atoms with E-state index < -0.39 is 18.2 Å². The highest BCUT2D eigenvalue weighted by molar-refractivity contribution is 5.82. The summed E-state index contributed by atoms with van der Waals surface area (Å²) in [6.45, 7) is 6.34. The van der Waals surface area contributed by atoms with E-state index in [-0.39, 0.29) is 11.9 Å². The van der Waals surface area contributed by atoms with E-state index in [2.05, 4.69) is 19.2 Å². The first kappa shape index (κ1) is 16.0. The van der Waals surface area contributed by atoms with Crippen molar-refractivity contribution in [3.8, 4) is 0 Å². The molecule has 0 bridgehead atoms. The standard InChI is InChI=1S/C14H25NO4/c1-9(2)5-4-6-10(3)15-13(16)11-7-8-12(19-11)14(17)18/h9-12H,4-8H2,1-3H3,(H,15,16)(H,17,18). The number of carbonyl (C=O) groups excluding carboxylic acids is 1. The summed E-state index contributed by atoms with van der Waals surface area (Å²) in [6, 6.07) is 0.110. The summed E-state index contributed by atoms with van der Waals surface area (Å²) in [4.78, 5) is 22.6. The van der Waals surface area contributed by atoms with E-state index in [0.29, 0.717) is 18.8 Å². The molecular formula is C14H25NO4. The van der Waals surface area contributed by atoms with Gasteiger partial charge in [0.05, 0.1) is 0 Å². The molecule has 5 nitrogen and oxygen atoms in total. The summed E-state index contributed by atoms with van der Waals surface area (Å²) in [7, 11) is 0. The van der Waals surface area contributed by atoms with E-state index in [0.717, 1.165) is 19.3 Å². The molecule has 1 fully saturated rings. The molecule has 110 valence electrons. The topological polar surface area (TPSA) is 75.6 Å². The van der Waals surface area contributed by atoms with Crippen molar-refractivity contribution in [1.29, 1.82) is 0 Å². The monoisotopic (exact) mass is 271 g/mol. The number of carboxylic acid groups (broad SMARTS) is 1. The number of aliphatic carboxylic acids is 1. The van der Waals surface area contributed by atoms with Gasteiger partial charge in [0.1, 0.15) is 6.10 Å². The van der Waals surface area contributed by atoms with Crippen molar-refractivity contribution in [3.63, 3.8) is 0 Å². The highest BCUT2D eigenvalue weighted by Crippen LogP contribution is 2.20. The number of carboxylic acids is 1. The van der Waals surface area contributed by atoms with Crippen molar-refractivity contribution in [2.75, 3.05) is 0 Å². The Morgan fingerprint density at radius 3 is 2.37 bits per heavy atom. The smallest absolute Gasteiger partial charge is 0.332 e. The van der Waals surface area contributed by atoms with Gasteiger partial charge in [-0.2, -0.15) is 0 Å². The van der Waals surface area contributed by atoms with Crippen LogP contribution in [0.2, 0.25) is 0 Å². The van der Waals surface area contributed by atoms with Crippen LogP contribution in [0.4, 0.5) is 0 Å². The van der Waals surface area contributed by atoms with Gasteiger partial charge in [0.2, 0.25) is 5.91 Å². The third-order valence-electron chi connectivity index (χ3n) is 3.39. The first-order chi connectivity index (χ1) is 8.90. The molecule has 1 aliphatic rings. The molecule has 0 spiro atoms. The Morgan fingerprint density at radius 1 is 1.21 bits per heavy atom. The molecule has 3 atom stereocenters. The van der Waals surface area contributed by atoms with Gasteiger partial charge in [-0.05, 0) is 32.1 Å². The quantitative estimate of drug-likeness (QED) is 0.742. The summed E-state index contributed by atoms with van der Waals surface area (Å²) in [6.07, 6.45) is 2.65. The summed E-state index contributed by atoms with van der Waals surface area (Å²) >= 11 is 0. The van der Waals surface area contributed by atoms with Crippen LogP contribution < -0.4 is 5.32 Å². The number of amides is 1.